The molecule has 0 fully saturated rings. The summed E-state index contributed by atoms with van der Waals surface area (Å²) in [6.07, 6.45) is 0. The Morgan fingerprint density at radius 1 is 1.11 bits per heavy atom. The van der Waals surface area contributed by atoms with Crippen molar-refractivity contribution in [2.45, 2.75) is 13.5 Å². The SMILES string of the molecule is CNc1ccccc1C(=O)NCc1cccc(C)c1. The summed E-state index contributed by atoms with van der Waals surface area (Å²) < 4.78 is 0. The third-order valence-corrected chi connectivity index (χ3v) is 2.98. The molecule has 3 heteroatoms. The van der Waals surface area contributed by atoms with Crippen molar-refractivity contribution in [3.8, 4) is 0 Å². The van der Waals surface area contributed by atoms with Gasteiger partial charge in [-0.1, -0.05) is 42.0 Å². The molecule has 0 heterocycles. The third-order valence-electron chi connectivity index (χ3n) is 2.98. The Bertz CT molecular complexity index is 578. The van der Waals surface area contributed by atoms with Crippen LogP contribution < -0.4 is 10.6 Å². The second kappa shape index (κ2) is 6.05. The van der Waals surface area contributed by atoms with Gasteiger partial charge in [-0.3, -0.25) is 4.79 Å². The average Bonchev–Trinajstić information content (AvgIpc) is 2.45. The average molecular weight is 254 g/mol. The lowest BCUT2D eigenvalue weighted by atomic mass is 10.1. The molecular weight excluding hydrogens is 236 g/mol. The lowest BCUT2D eigenvalue weighted by Crippen LogP contribution is -2.23. The first-order valence-electron chi connectivity index (χ1n) is 6.31. The van der Waals surface area contributed by atoms with E-state index < -0.39 is 0 Å². The van der Waals surface area contributed by atoms with Crippen molar-refractivity contribution in [2.24, 2.45) is 0 Å². The van der Waals surface area contributed by atoms with E-state index >= 15 is 0 Å². The topological polar surface area (TPSA) is 41.1 Å². The summed E-state index contributed by atoms with van der Waals surface area (Å²) in [6, 6.07) is 15.6. The molecule has 0 unspecified atom stereocenters. The normalized spacial score (nSPS) is 10.0. The van der Waals surface area contributed by atoms with Gasteiger partial charge in [-0.2, -0.15) is 0 Å². The molecule has 0 aliphatic heterocycles. The van der Waals surface area contributed by atoms with Crippen molar-refractivity contribution < 1.29 is 4.79 Å². The van der Waals surface area contributed by atoms with E-state index in [1.807, 2.05) is 56.4 Å². The van der Waals surface area contributed by atoms with E-state index in [9.17, 15) is 4.79 Å². The summed E-state index contributed by atoms with van der Waals surface area (Å²) in [5.74, 6) is -0.0635. The Morgan fingerprint density at radius 2 is 1.89 bits per heavy atom. The maximum Gasteiger partial charge on any atom is 0.253 e. The van der Waals surface area contributed by atoms with Gasteiger partial charge in [0.25, 0.3) is 5.91 Å². The second-order valence-corrected chi connectivity index (χ2v) is 4.47. The number of amides is 1. The van der Waals surface area contributed by atoms with Crippen molar-refractivity contribution >= 4 is 11.6 Å². The summed E-state index contributed by atoms with van der Waals surface area (Å²) in [5, 5.41) is 5.96. The third kappa shape index (κ3) is 3.35. The van der Waals surface area contributed by atoms with E-state index in [0.717, 1.165) is 11.3 Å². The number of hydrogen-bond donors (Lipinski definition) is 2. The smallest absolute Gasteiger partial charge is 0.253 e. The minimum atomic E-state index is -0.0635. The van der Waals surface area contributed by atoms with Gasteiger partial charge in [0.1, 0.15) is 0 Å². The zero-order valence-electron chi connectivity index (χ0n) is 11.2. The first-order valence-corrected chi connectivity index (χ1v) is 6.31. The zero-order chi connectivity index (χ0) is 13.7. The Labute approximate surface area is 113 Å². The monoisotopic (exact) mass is 254 g/mol. The summed E-state index contributed by atoms with van der Waals surface area (Å²) >= 11 is 0. The highest BCUT2D eigenvalue weighted by Crippen LogP contribution is 2.14. The van der Waals surface area contributed by atoms with Crippen molar-refractivity contribution in [3.63, 3.8) is 0 Å². The Hall–Kier alpha value is -2.29. The minimum Gasteiger partial charge on any atom is -0.387 e. The molecule has 0 radical (unpaired) electrons. The molecule has 98 valence electrons. The highest BCUT2D eigenvalue weighted by Gasteiger charge is 2.09. The predicted molar refractivity (Wildman–Crippen MR) is 78.3 cm³/mol. The van der Waals surface area contributed by atoms with Crippen LogP contribution in [0.15, 0.2) is 48.5 Å². The van der Waals surface area contributed by atoms with Gasteiger partial charge in [0, 0.05) is 19.3 Å². The predicted octanol–water partition coefficient (Wildman–Crippen LogP) is 2.97. The van der Waals surface area contributed by atoms with Crippen LogP contribution in [0.3, 0.4) is 0 Å². The minimum absolute atomic E-state index is 0.0635. The molecule has 2 aromatic carbocycles. The van der Waals surface area contributed by atoms with Gasteiger partial charge in [-0.25, -0.2) is 0 Å². The highest BCUT2D eigenvalue weighted by molar-refractivity contribution is 5.99. The molecule has 0 bridgehead atoms. The van der Waals surface area contributed by atoms with Gasteiger partial charge in [0.05, 0.1) is 5.56 Å². The molecule has 0 saturated carbocycles. The van der Waals surface area contributed by atoms with Gasteiger partial charge in [-0.15, -0.1) is 0 Å². The largest absolute Gasteiger partial charge is 0.387 e. The summed E-state index contributed by atoms with van der Waals surface area (Å²) in [6.45, 7) is 2.58. The molecule has 0 atom stereocenters. The molecule has 0 aromatic heterocycles. The Morgan fingerprint density at radius 3 is 2.63 bits per heavy atom. The van der Waals surface area contributed by atoms with Gasteiger partial charge in [0.2, 0.25) is 0 Å². The van der Waals surface area contributed by atoms with Crippen LogP contribution in [0.5, 0.6) is 0 Å². The molecule has 2 aromatic rings. The number of rotatable bonds is 4. The van der Waals surface area contributed by atoms with Crippen LogP contribution in [-0.4, -0.2) is 13.0 Å². The summed E-state index contributed by atoms with van der Waals surface area (Å²) in [5.41, 5.74) is 3.81. The number of anilines is 1. The summed E-state index contributed by atoms with van der Waals surface area (Å²) in [4.78, 5) is 12.1. The first kappa shape index (κ1) is 13.1. The summed E-state index contributed by atoms with van der Waals surface area (Å²) in [7, 11) is 1.81. The molecule has 2 N–H and O–H groups in total. The van der Waals surface area contributed by atoms with Crippen molar-refractivity contribution in [1.82, 2.24) is 5.32 Å². The standard InChI is InChI=1S/C16H18N2O/c1-12-6-5-7-13(10-12)11-18-16(19)14-8-3-4-9-15(14)17-2/h3-10,17H,11H2,1-2H3,(H,18,19). The van der Waals surface area contributed by atoms with E-state index in [1.165, 1.54) is 5.56 Å². The number of aryl methyl sites for hydroxylation is 1. The number of hydrogen-bond acceptors (Lipinski definition) is 2. The number of carbonyl (C=O) groups is 1. The first-order chi connectivity index (χ1) is 9.20. The molecule has 0 aliphatic rings. The van der Waals surface area contributed by atoms with Gasteiger partial charge < -0.3 is 10.6 Å². The van der Waals surface area contributed by atoms with Crippen molar-refractivity contribution in [2.75, 3.05) is 12.4 Å². The van der Waals surface area contributed by atoms with E-state index in [4.69, 9.17) is 0 Å². The Balaban J connectivity index is 2.05. The molecule has 0 saturated heterocycles. The fourth-order valence-electron chi connectivity index (χ4n) is 2.00. The molecule has 19 heavy (non-hydrogen) atoms. The van der Waals surface area contributed by atoms with Crippen LogP contribution in [-0.2, 0) is 6.54 Å². The van der Waals surface area contributed by atoms with Gasteiger partial charge in [-0.05, 0) is 24.6 Å². The van der Waals surface area contributed by atoms with E-state index in [1.54, 1.807) is 0 Å². The molecular formula is C16H18N2O. The van der Waals surface area contributed by atoms with Crippen molar-refractivity contribution in [3.05, 3.63) is 65.2 Å². The number of nitrogens with one attached hydrogen (secondary N) is 2. The highest BCUT2D eigenvalue weighted by atomic mass is 16.1. The molecule has 0 aliphatic carbocycles. The fraction of sp³-hybridized carbons (Fsp3) is 0.188. The van der Waals surface area contributed by atoms with Crippen LogP contribution in [0, 0.1) is 6.92 Å². The molecule has 2 rings (SSSR count). The van der Waals surface area contributed by atoms with Crippen LogP contribution in [0.1, 0.15) is 21.5 Å². The molecule has 3 nitrogen and oxygen atoms in total. The van der Waals surface area contributed by atoms with Gasteiger partial charge >= 0.3 is 0 Å². The number of carbonyl (C=O) groups excluding carboxylic acids is 1. The fourth-order valence-corrected chi connectivity index (χ4v) is 2.00. The van der Waals surface area contributed by atoms with Crippen LogP contribution in [0.25, 0.3) is 0 Å². The van der Waals surface area contributed by atoms with E-state index in [-0.39, 0.29) is 5.91 Å². The van der Waals surface area contributed by atoms with Gasteiger partial charge in [0.15, 0.2) is 0 Å². The van der Waals surface area contributed by atoms with E-state index in [2.05, 4.69) is 16.7 Å². The maximum atomic E-state index is 12.1. The zero-order valence-corrected chi connectivity index (χ0v) is 11.2. The number of para-hydroxylation sites is 1. The van der Waals surface area contributed by atoms with Crippen LogP contribution in [0.4, 0.5) is 5.69 Å². The quantitative estimate of drug-likeness (QED) is 0.880. The number of benzene rings is 2. The van der Waals surface area contributed by atoms with Crippen LogP contribution >= 0.6 is 0 Å². The van der Waals surface area contributed by atoms with Crippen molar-refractivity contribution in [1.29, 1.82) is 0 Å². The van der Waals surface area contributed by atoms with Crippen LogP contribution in [0.2, 0.25) is 0 Å². The molecule has 1 amide bonds. The Kier molecular flexibility index (Phi) is 4.18. The lowest BCUT2D eigenvalue weighted by Gasteiger charge is -2.10. The van der Waals surface area contributed by atoms with E-state index in [0.29, 0.717) is 12.1 Å². The lowest BCUT2D eigenvalue weighted by molar-refractivity contribution is 0.0951. The molecule has 0 spiro atoms. The second-order valence-electron chi connectivity index (χ2n) is 4.47. The maximum absolute atomic E-state index is 12.1.